The first-order valence-corrected chi connectivity index (χ1v) is 11.1. The van der Waals surface area contributed by atoms with Crippen LogP contribution in [0.15, 0.2) is 42.5 Å². The van der Waals surface area contributed by atoms with Gasteiger partial charge in [0.2, 0.25) is 0 Å². The molecule has 2 saturated heterocycles. The lowest BCUT2D eigenvalue weighted by atomic mass is 9.98. The number of hydrogen-bond donors (Lipinski definition) is 0. The zero-order chi connectivity index (χ0) is 22.7. The highest BCUT2D eigenvalue weighted by Crippen LogP contribution is 2.38. The molecule has 0 saturated carbocycles. The standard InChI is InChI=1S/C24H27ClN2O5/c1-30-20-9-8-19(21(25)22(20)31-2)23(28)26-12-10-17(11-13-26)27-18(15-32-24(27)29)14-16-6-4-3-5-7-16/h3-9,17-18H,10-15H2,1-2H3/t18-/m1/s1. The van der Waals surface area contributed by atoms with E-state index in [0.717, 1.165) is 6.42 Å². The molecule has 0 radical (unpaired) electrons. The van der Waals surface area contributed by atoms with Crippen molar-refractivity contribution >= 4 is 23.6 Å². The SMILES string of the molecule is COc1ccc(C(=O)N2CCC(N3C(=O)OC[C@H]3Cc3ccccc3)CC2)c(Cl)c1OC. The van der Waals surface area contributed by atoms with Crippen molar-refractivity contribution in [3.05, 3.63) is 58.6 Å². The normalized spacial score (nSPS) is 19.1. The zero-order valence-electron chi connectivity index (χ0n) is 18.3. The highest BCUT2D eigenvalue weighted by molar-refractivity contribution is 6.35. The number of piperidine rings is 1. The second-order valence-electron chi connectivity index (χ2n) is 8.01. The Kier molecular flexibility index (Phi) is 6.74. The van der Waals surface area contributed by atoms with Gasteiger partial charge in [0, 0.05) is 19.1 Å². The number of hydrogen-bond acceptors (Lipinski definition) is 5. The van der Waals surface area contributed by atoms with Gasteiger partial charge in [0.15, 0.2) is 11.5 Å². The minimum absolute atomic E-state index is 0.0115. The molecule has 2 aliphatic heterocycles. The topological polar surface area (TPSA) is 68.3 Å². The van der Waals surface area contributed by atoms with Crippen molar-refractivity contribution in [3.63, 3.8) is 0 Å². The molecule has 0 aliphatic carbocycles. The maximum absolute atomic E-state index is 13.1. The third-order valence-electron chi connectivity index (χ3n) is 6.18. The molecule has 32 heavy (non-hydrogen) atoms. The van der Waals surface area contributed by atoms with Gasteiger partial charge in [-0.15, -0.1) is 0 Å². The van der Waals surface area contributed by atoms with Gasteiger partial charge >= 0.3 is 6.09 Å². The molecule has 2 amide bonds. The van der Waals surface area contributed by atoms with E-state index in [1.807, 2.05) is 23.1 Å². The Morgan fingerprint density at radius 2 is 1.81 bits per heavy atom. The first-order chi connectivity index (χ1) is 15.5. The van der Waals surface area contributed by atoms with Gasteiger partial charge < -0.3 is 19.1 Å². The molecular formula is C24H27ClN2O5. The maximum Gasteiger partial charge on any atom is 0.410 e. The highest BCUT2D eigenvalue weighted by atomic mass is 35.5. The molecule has 0 bridgehead atoms. The number of carbonyl (C=O) groups is 2. The summed E-state index contributed by atoms with van der Waals surface area (Å²) in [5, 5.41) is 0.241. The summed E-state index contributed by atoms with van der Waals surface area (Å²) in [6.45, 7) is 1.47. The summed E-state index contributed by atoms with van der Waals surface area (Å²) in [6.07, 6.45) is 1.87. The fraction of sp³-hybridized carbons (Fsp3) is 0.417. The molecule has 2 aliphatic rings. The number of methoxy groups -OCH3 is 2. The van der Waals surface area contributed by atoms with Gasteiger partial charge in [0.05, 0.1) is 30.8 Å². The van der Waals surface area contributed by atoms with Crippen molar-refractivity contribution in [1.82, 2.24) is 9.80 Å². The smallest absolute Gasteiger partial charge is 0.410 e. The summed E-state index contributed by atoms with van der Waals surface area (Å²) in [6, 6.07) is 13.5. The summed E-state index contributed by atoms with van der Waals surface area (Å²) in [5.41, 5.74) is 1.56. The third-order valence-corrected chi connectivity index (χ3v) is 6.55. The van der Waals surface area contributed by atoms with E-state index < -0.39 is 0 Å². The van der Waals surface area contributed by atoms with Crippen LogP contribution in [0.25, 0.3) is 0 Å². The molecule has 2 aromatic rings. The van der Waals surface area contributed by atoms with Crippen molar-refractivity contribution in [2.24, 2.45) is 0 Å². The summed E-state index contributed by atoms with van der Waals surface area (Å²) >= 11 is 6.43. The molecule has 2 aromatic carbocycles. The maximum atomic E-state index is 13.1. The number of cyclic esters (lactones) is 1. The van der Waals surface area contributed by atoms with Crippen molar-refractivity contribution in [2.75, 3.05) is 33.9 Å². The predicted octanol–water partition coefficient (Wildman–Crippen LogP) is 4.03. The Labute approximate surface area is 192 Å². The van der Waals surface area contributed by atoms with Crippen LogP contribution in [-0.4, -0.2) is 67.8 Å². The summed E-state index contributed by atoms with van der Waals surface area (Å²) < 4.78 is 15.9. The van der Waals surface area contributed by atoms with Crippen LogP contribution in [-0.2, 0) is 11.2 Å². The van der Waals surface area contributed by atoms with E-state index in [-0.39, 0.29) is 29.1 Å². The molecule has 0 aromatic heterocycles. The van der Waals surface area contributed by atoms with E-state index in [2.05, 4.69) is 12.1 Å². The molecule has 8 heteroatoms. The Morgan fingerprint density at radius 3 is 2.47 bits per heavy atom. The minimum atomic E-state index is -0.265. The van der Waals surface area contributed by atoms with Crippen LogP contribution in [0.1, 0.15) is 28.8 Å². The van der Waals surface area contributed by atoms with E-state index in [4.69, 9.17) is 25.8 Å². The molecule has 4 rings (SSSR count). The lowest BCUT2D eigenvalue weighted by molar-refractivity contribution is 0.0636. The molecule has 7 nitrogen and oxygen atoms in total. The van der Waals surface area contributed by atoms with E-state index in [0.29, 0.717) is 49.6 Å². The number of likely N-dealkylation sites (tertiary alicyclic amines) is 1. The second kappa shape index (κ2) is 9.69. The fourth-order valence-electron chi connectivity index (χ4n) is 4.53. The van der Waals surface area contributed by atoms with Crippen molar-refractivity contribution < 1.29 is 23.8 Å². The van der Waals surface area contributed by atoms with Crippen LogP contribution < -0.4 is 9.47 Å². The Hall–Kier alpha value is -2.93. The molecule has 2 fully saturated rings. The molecule has 0 N–H and O–H groups in total. The number of halogens is 1. The van der Waals surface area contributed by atoms with Gasteiger partial charge in [-0.2, -0.15) is 0 Å². The molecule has 1 atom stereocenters. The van der Waals surface area contributed by atoms with Crippen molar-refractivity contribution in [3.8, 4) is 11.5 Å². The Bertz CT molecular complexity index is 976. The average Bonchev–Trinajstić information content (AvgIpc) is 3.18. The number of ether oxygens (including phenoxy) is 3. The first kappa shape index (κ1) is 22.3. The number of nitrogens with zero attached hydrogens (tertiary/aromatic N) is 2. The van der Waals surface area contributed by atoms with Crippen LogP contribution in [0, 0.1) is 0 Å². The number of carbonyl (C=O) groups excluding carboxylic acids is 2. The van der Waals surface area contributed by atoms with Gasteiger partial charge in [-0.3, -0.25) is 9.69 Å². The number of amides is 2. The Balaban J connectivity index is 1.42. The number of benzene rings is 2. The molecule has 2 heterocycles. The van der Waals surface area contributed by atoms with E-state index in [1.165, 1.54) is 19.8 Å². The minimum Gasteiger partial charge on any atom is -0.493 e. The fourth-order valence-corrected chi connectivity index (χ4v) is 4.85. The third kappa shape index (κ3) is 4.35. The summed E-state index contributed by atoms with van der Waals surface area (Å²) in [4.78, 5) is 29.2. The molecule has 170 valence electrons. The lowest BCUT2D eigenvalue weighted by Crippen LogP contribution is -2.50. The number of rotatable bonds is 6. The quantitative estimate of drug-likeness (QED) is 0.653. The predicted molar refractivity (Wildman–Crippen MR) is 121 cm³/mol. The summed E-state index contributed by atoms with van der Waals surface area (Å²) in [5.74, 6) is 0.669. The lowest BCUT2D eigenvalue weighted by Gasteiger charge is -2.38. The monoisotopic (exact) mass is 458 g/mol. The summed E-state index contributed by atoms with van der Waals surface area (Å²) in [7, 11) is 3.01. The largest absolute Gasteiger partial charge is 0.493 e. The van der Waals surface area contributed by atoms with Gasteiger partial charge in [0.1, 0.15) is 6.61 Å². The van der Waals surface area contributed by atoms with Crippen LogP contribution in [0.3, 0.4) is 0 Å². The molecule has 0 unspecified atom stereocenters. The average molecular weight is 459 g/mol. The molecule has 0 spiro atoms. The second-order valence-corrected chi connectivity index (χ2v) is 8.39. The van der Waals surface area contributed by atoms with Gasteiger partial charge in [0.25, 0.3) is 5.91 Å². The van der Waals surface area contributed by atoms with Gasteiger partial charge in [-0.05, 0) is 37.0 Å². The van der Waals surface area contributed by atoms with Gasteiger partial charge in [-0.25, -0.2) is 4.79 Å². The zero-order valence-corrected chi connectivity index (χ0v) is 19.0. The van der Waals surface area contributed by atoms with Gasteiger partial charge in [-0.1, -0.05) is 41.9 Å². The highest BCUT2D eigenvalue weighted by Gasteiger charge is 2.40. The van der Waals surface area contributed by atoms with E-state index in [1.54, 1.807) is 17.0 Å². The first-order valence-electron chi connectivity index (χ1n) is 10.7. The Morgan fingerprint density at radius 1 is 1.09 bits per heavy atom. The van der Waals surface area contributed by atoms with Crippen LogP contribution in [0.4, 0.5) is 4.79 Å². The van der Waals surface area contributed by atoms with Crippen molar-refractivity contribution in [2.45, 2.75) is 31.3 Å². The van der Waals surface area contributed by atoms with Crippen LogP contribution in [0.5, 0.6) is 11.5 Å². The van der Waals surface area contributed by atoms with Crippen molar-refractivity contribution in [1.29, 1.82) is 0 Å². The van der Waals surface area contributed by atoms with E-state index >= 15 is 0 Å². The van der Waals surface area contributed by atoms with Crippen LogP contribution >= 0.6 is 11.6 Å². The van der Waals surface area contributed by atoms with E-state index in [9.17, 15) is 9.59 Å². The molecular weight excluding hydrogens is 432 g/mol. The van der Waals surface area contributed by atoms with Crippen LogP contribution in [0.2, 0.25) is 5.02 Å².